The smallest absolute Gasteiger partial charge is 0.191 e. The minimum absolute atomic E-state index is 0.441. The van der Waals surface area contributed by atoms with Crippen molar-refractivity contribution in [2.75, 3.05) is 11.9 Å². The van der Waals surface area contributed by atoms with Crippen molar-refractivity contribution >= 4 is 29.2 Å². The number of nitrogens with zero attached hydrogens (tertiary/aromatic N) is 1. The average Bonchev–Trinajstić information content (AvgIpc) is 2.49. The van der Waals surface area contributed by atoms with Crippen molar-refractivity contribution in [2.24, 2.45) is 5.10 Å². The Morgan fingerprint density at radius 2 is 2.05 bits per heavy atom. The van der Waals surface area contributed by atoms with Gasteiger partial charge in [0.05, 0.1) is 12.8 Å². The van der Waals surface area contributed by atoms with Crippen LogP contribution >= 0.6 is 12.2 Å². The van der Waals surface area contributed by atoms with E-state index in [1.807, 2.05) is 62.4 Å². The summed E-state index contributed by atoms with van der Waals surface area (Å²) in [4.78, 5) is 0. The number of hydrogen-bond acceptors (Lipinski definition) is 3. The number of hydrogen-bond donors (Lipinski definition) is 2. The van der Waals surface area contributed by atoms with Crippen LogP contribution in [0.15, 0.2) is 53.6 Å². The quantitative estimate of drug-likeness (QED) is 0.502. The molecule has 22 heavy (non-hydrogen) atoms. The first-order valence-electron chi connectivity index (χ1n) is 7.07. The van der Waals surface area contributed by atoms with Crippen LogP contribution in [0.1, 0.15) is 18.1 Å². The second-order valence-electron chi connectivity index (χ2n) is 4.66. The number of nitrogens with one attached hydrogen (secondary N) is 2. The van der Waals surface area contributed by atoms with E-state index in [9.17, 15) is 0 Å². The van der Waals surface area contributed by atoms with Crippen molar-refractivity contribution in [2.45, 2.75) is 13.8 Å². The number of hydrazone groups is 1. The first-order chi connectivity index (χ1) is 10.7. The number of anilines is 1. The predicted octanol–water partition coefficient (Wildman–Crippen LogP) is 3.71. The highest BCUT2D eigenvalue weighted by molar-refractivity contribution is 7.80. The van der Waals surface area contributed by atoms with Crippen LogP contribution in [0.4, 0.5) is 5.69 Å². The minimum Gasteiger partial charge on any atom is -0.493 e. The van der Waals surface area contributed by atoms with Gasteiger partial charge < -0.3 is 10.1 Å². The van der Waals surface area contributed by atoms with E-state index in [2.05, 4.69) is 15.8 Å². The molecule has 5 heteroatoms. The molecule has 0 radical (unpaired) electrons. The number of para-hydroxylation sites is 1. The summed E-state index contributed by atoms with van der Waals surface area (Å²) in [7, 11) is 0. The van der Waals surface area contributed by atoms with Crippen LogP contribution in [0.3, 0.4) is 0 Å². The Kier molecular flexibility index (Phi) is 5.91. The monoisotopic (exact) mass is 313 g/mol. The third kappa shape index (κ3) is 4.86. The molecular weight excluding hydrogens is 294 g/mol. The second kappa shape index (κ2) is 8.14. The summed E-state index contributed by atoms with van der Waals surface area (Å²) in [5.41, 5.74) is 5.80. The third-order valence-electron chi connectivity index (χ3n) is 2.86. The van der Waals surface area contributed by atoms with Gasteiger partial charge in [-0.2, -0.15) is 5.10 Å². The Balaban J connectivity index is 1.93. The highest BCUT2D eigenvalue weighted by Gasteiger charge is 1.99. The van der Waals surface area contributed by atoms with E-state index in [-0.39, 0.29) is 0 Å². The first-order valence-corrected chi connectivity index (χ1v) is 7.48. The van der Waals surface area contributed by atoms with Crippen molar-refractivity contribution in [3.8, 4) is 5.75 Å². The van der Waals surface area contributed by atoms with Crippen LogP contribution < -0.4 is 15.5 Å². The molecule has 114 valence electrons. The highest BCUT2D eigenvalue weighted by atomic mass is 32.1. The zero-order valence-electron chi connectivity index (χ0n) is 12.7. The van der Waals surface area contributed by atoms with E-state index >= 15 is 0 Å². The van der Waals surface area contributed by atoms with Gasteiger partial charge in [-0.25, -0.2) is 0 Å². The van der Waals surface area contributed by atoms with Gasteiger partial charge in [0.1, 0.15) is 5.75 Å². The van der Waals surface area contributed by atoms with Gasteiger partial charge in [0.25, 0.3) is 0 Å². The Labute approximate surface area is 136 Å². The lowest BCUT2D eigenvalue weighted by atomic mass is 10.2. The molecule has 4 nitrogen and oxygen atoms in total. The Morgan fingerprint density at radius 3 is 2.82 bits per heavy atom. The van der Waals surface area contributed by atoms with Crippen molar-refractivity contribution in [1.82, 2.24) is 5.43 Å². The predicted molar refractivity (Wildman–Crippen MR) is 95.7 cm³/mol. The fourth-order valence-electron chi connectivity index (χ4n) is 1.92. The second-order valence-corrected chi connectivity index (χ2v) is 5.07. The largest absolute Gasteiger partial charge is 0.493 e. The fraction of sp³-hybridized carbons (Fsp3) is 0.176. The Bertz CT molecular complexity index is 670. The van der Waals surface area contributed by atoms with E-state index in [0.29, 0.717) is 11.7 Å². The molecule has 2 N–H and O–H groups in total. The van der Waals surface area contributed by atoms with Crippen LogP contribution in [-0.4, -0.2) is 17.9 Å². The first kappa shape index (κ1) is 16.0. The molecular formula is C17H19N3OS. The van der Waals surface area contributed by atoms with Crippen LogP contribution in [0.2, 0.25) is 0 Å². The van der Waals surface area contributed by atoms with E-state index in [0.717, 1.165) is 17.0 Å². The number of ether oxygens (including phenoxy) is 1. The summed E-state index contributed by atoms with van der Waals surface area (Å²) in [6.07, 6.45) is 1.69. The SMILES string of the molecule is CCOc1ccccc1/C=N\NC(=S)Nc1cccc(C)c1. The van der Waals surface area contributed by atoms with E-state index < -0.39 is 0 Å². The Hall–Kier alpha value is -2.40. The normalized spacial score (nSPS) is 10.5. The van der Waals surface area contributed by atoms with Gasteiger partial charge in [0.15, 0.2) is 5.11 Å². The van der Waals surface area contributed by atoms with Crippen LogP contribution in [0, 0.1) is 6.92 Å². The molecule has 2 rings (SSSR count). The molecule has 0 aliphatic carbocycles. The minimum atomic E-state index is 0.441. The summed E-state index contributed by atoms with van der Waals surface area (Å²) in [6, 6.07) is 15.7. The summed E-state index contributed by atoms with van der Waals surface area (Å²) < 4.78 is 5.54. The molecule has 0 heterocycles. The van der Waals surface area contributed by atoms with Gasteiger partial charge >= 0.3 is 0 Å². The lowest BCUT2D eigenvalue weighted by Gasteiger charge is -2.08. The molecule has 0 fully saturated rings. The molecule has 0 saturated heterocycles. The molecule has 0 aliphatic heterocycles. The van der Waals surface area contributed by atoms with Crippen molar-refractivity contribution in [3.05, 3.63) is 59.7 Å². The van der Waals surface area contributed by atoms with Crippen LogP contribution in [0.5, 0.6) is 5.75 Å². The number of aryl methyl sites for hydroxylation is 1. The van der Waals surface area contributed by atoms with Gasteiger partial charge in [0.2, 0.25) is 0 Å². The maximum atomic E-state index is 5.54. The molecule has 0 unspecified atom stereocenters. The molecule has 2 aromatic rings. The molecule has 0 saturated carbocycles. The van der Waals surface area contributed by atoms with Crippen molar-refractivity contribution in [1.29, 1.82) is 0 Å². The highest BCUT2D eigenvalue weighted by Crippen LogP contribution is 2.15. The summed E-state index contributed by atoms with van der Waals surface area (Å²) >= 11 is 5.21. The van der Waals surface area contributed by atoms with E-state index in [4.69, 9.17) is 17.0 Å². The van der Waals surface area contributed by atoms with Gasteiger partial charge in [-0.15, -0.1) is 0 Å². The third-order valence-corrected chi connectivity index (χ3v) is 3.06. The van der Waals surface area contributed by atoms with E-state index in [1.54, 1.807) is 6.21 Å². The average molecular weight is 313 g/mol. The standard InChI is InChI=1S/C17H19N3OS/c1-3-21-16-10-5-4-8-14(16)12-18-20-17(22)19-15-9-6-7-13(2)11-15/h4-12H,3H2,1-2H3,(H2,19,20,22)/b18-12-. The van der Waals surface area contributed by atoms with E-state index in [1.165, 1.54) is 5.56 Å². The Morgan fingerprint density at radius 1 is 1.23 bits per heavy atom. The molecule has 0 aliphatic rings. The summed E-state index contributed by atoms with van der Waals surface area (Å²) in [5, 5.41) is 7.67. The molecule has 0 atom stereocenters. The lowest BCUT2D eigenvalue weighted by Crippen LogP contribution is -2.23. The molecule has 2 aromatic carbocycles. The maximum absolute atomic E-state index is 5.54. The van der Waals surface area contributed by atoms with Gasteiger partial charge in [-0.3, -0.25) is 5.43 Å². The molecule has 0 amide bonds. The van der Waals surface area contributed by atoms with Crippen molar-refractivity contribution < 1.29 is 4.74 Å². The van der Waals surface area contributed by atoms with Crippen LogP contribution in [-0.2, 0) is 0 Å². The topological polar surface area (TPSA) is 45.6 Å². The van der Waals surface area contributed by atoms with Crippen molar-refractivity contribution in [3.63, 3.8) is 0 Å². The zero-order chi connectivity index (χ0) is 15.8. The number of benzene rings is 2. The van der Waals surface area contributed by atoms with Gasteiger partial charge in [-0.05, 0) is 55.9 Å². The lowest BCUT2D eigenvalue weighted by molar-refractivity contribution is 0.340. The zero-order valence-corrected chi connectivity index (χ0v) is 13.5. The number of rotatable bonds is 5. The summed E-state index contributed by atoms with van der Waals surface area (Å²) in [6.45, 7) is 4.60. The number of thiocarbonyl (C=S) groups is 1. The van der Waals surface area contributed by atoms with Gasteiger partial charge in [-0.1, -0.05) is 24.3 Å². The molecule has 0 bridgehead atoms. The summed E-state index contributed by atoms with van der Waals surface area (Å²) in [5.74, 6) is 0.799. The fourth-order valence-corrected chi connectivity index (χ4v) is 2.09. The molecule has 0 spiro atoms. The van der Waals surface area contributed by atoms with Gasteiger partial charge in [0, 0.05) is 11.3 Å². The molecule has 0 aromatic heterocycles. The van der Waals surface area contributed by atoms with Crippen LogP contribution in [0.25, 0.3) is 0 Å². The maximum Gasteiger partial charge on any atom is 0.191 e.